The number of aryl methyl sites for hydroxylation is 2. The van der Waals surface area contributed by atoms with Crippen LogP contribution < -0.4 is 5.32 Å². The Morgan fingerprint density at radius 2 is 2.13 bits per heavy atom. The zero-order chi connectivity index (χ0) is 11.4. The summed E-state index contributed by atoms with van der Waals surface area (Å²) >= 11 is 1.76. The molecule has 1 aromatic rings. The van der Waals surface area contributed by atoms with Crippen LogP contribution in [0.1, 0.15) is 42.4 Å². The molecule has 0 spiro atoms. The Bertz CT molecular complexity index is 310. The third kappa shape index (κ3) is 3.55. The van der Waals surface area contributed by atoms with Gasteiger partial charge in [-0.3, -0.25) is 0 Å². The van der Waals surface area contributed by atoms with E-state index in [1.807, 2.05) is 6.92 Å². The SMILES string of the molecule is CCc1nc(C)c(C(C)NC[C@@H](C)O)s1. The molecule has 1 heterocycles. The van der Waals surface area contributed by atoms with Gasteiger partial charge >= 0.3 is 0 Å². The summed E-state index contributed by atoms with van der Waals surface area (Å²) in [6.07, 6.45) is 0.695. The second kappa shape index (κ2) is 5.58. The lowest BCUT2D eigenvalue weighted by Crippen LogP contribution is -2.27. The Balaban J connectivity index is 2.64. The van der Waals surface area contributed by atoms with Gasteiger partial charge in [-0.05, 0) is 27.2 Å². The Hall–Kier alpha value is -0.450. The van der Waals surface area contributed by atoms with Gasteiger partial charge in [0, 0.05) is 17.5 Å². The summed E-state index contributed by atoms with van der Waals surface area (Å²) < 4.78 is 0. The van der Waals surface area contributed by atoms with Gasteiger partial charge in [0.25, 0.3) is 0 Å². The van der Waals surface area contributed by atoms with E-state index in [1.165, 1.54) is 9.88 Å². The molecule has 0 aromatic carbocycles. The molecule has 0 fully saturated rings. The molecule has 1 unspecified atom stereocenters. The minimum absolute atomic E-state index is 0.275. The van der Waals surface area contributed by atoms with Crippen molar-refractivity contribution in [1.29, 1.82) is 0 Å². The molecule has 0 aliphatic carbocycles. The lowest BCUT2D eigenvalue weighted by atomic mass is 10.2. The summed E-state index contributed by atoms with van der Waals surface area (Å²) in [6, 6.07) is 0.275. The topological polar surface area (TPSA) is 45.2 Å². The van der Waals surface area contributed by atoms with Gasteiger partial charge in [-0.2, -0.15) is 0 Å². The zero-order valence-corrected chi connectivity index (χ0v) is 10.7. The molecule has 86 valence electrons. The number of rotatable bonds is 5. The largest absolute Gasteiger partial charge is 0.392 e. The van der Waals surface area contributed by atoms with Crippen LogP contribution in [0.2, 0.25) is 0 Å². The van der Waals surface area contributed by atoms with Crippen LogP contribution in [0.4, 0.5) is 0 Å². The smallest absolute Gasteiger partial charge is 0.0928 e. The number of nitrogens with zero attached hydrogens (tertiary/aromatic N) is 1. The van der Waals surface area contributed by atoms with Crippen LogP contribution in [0.15, 0.2) is 0 Å². The average Bonchev–Trinajstić information content (AvgIpc) is 2.56. The normalized spacial score (nSPS) is 15.3. The molecule has 4 heteroatoms. The Labute approximate surface area is 95.6 Å². The monoisotopic (exact) mass is 228 g/mol. The lowest BCUT2D eigenvalue weighted by Gasteiger charge is -2.13. The maximum absolute atomic E-state index is 9.19. The van der Waals surface area contributed by atoms with Crippen molar-refractivity contribution in [3.8, 4) is 0 Å². The van der Waals surface area contributed by atoms with Crippen LogP contribution in [0.5, 0.6) is 0 Å². The van der Waals surface area contributed by atoms with E-state index in [0.717, 1.165) is 12.1 Å². The molecule has 0 saturated heterocycles. The third-order valence-electron chi connectivity index (χ3n) is 2.29. The van der Waals surface area contributed by atoms with E-state index >= 15 is 0 Å². The van der Waals surface area contributed by atoms with Crippen LogP contribution in [0.25, 0.3) is 0 Å². The van der Waals surface area contributed by atoms with E-state index in [2.05, 4.69) is 24.1 Å². The molecular formula is C11H20N2OS. The first kappa shape index (κ1) is 12.6. The van der Waals surface area contributed by atoms with Crippen molar-refractivity contribution >= 4 is 11.3 Å². The molecule has 3 nitrogen and oxygen atoms in total. The molecule has 1 rings (SSSR count). The van der Waals surface area contributed by atoms with Crippen molar-refractivity contribution in [2.24, 2.45) is 0 Å². The number of thiazole rings is 1. The Morgan fingerprint density at radius 3 is 2.60 bits per heavy atom. The third-order valence-corrected chi connectivity index (χ3v) is 3.78. The molecule has 2 atom stereocenters. The van der Waals surface area contributed by atoms with Crippen LogP contribution in [-0.4, -0.2) is 22.7 Å². The molecule has 15 heavy (non-hydrogen) atoms. The average molecular weight is 228 g/mol. The van der Waals surface area contributed by atoms with Crippen LogP contribution in [0, 0.1) is 6.92 Å². The lowest BCUT2D eigenvalue weighted by molar-refractivity contribution is 0.187. The van der Waals surface area contributed by atoms with Gasteiger partial charge in [0.1, 0.15) is 0 Å². The van der Waals surface area contributed by atoms with E-state index in [-0.39, 0.29) is 12.1 Å². The van der Waals surface area contributed by atoms with Crippen molar-refractivity contribution in [2.75, 3.05) is 6.54 Å². The van der Waals surface area contributed by atoms with Gasteiger partial charge in [0.15, 0.2) is 0 Å². The van der Waals surface area contributed by atoms with Gasteiger partial charge in [0.05, 0.1) is 16.8 Å². The van der Waals surface area contributed by atoms with E-state index in [0.29, 0.717) is 6.54 Å². The quantitative estimate of drug-likeness (QED) is 0.810. The van der Waals surface area contributed by atoms with Crippen molar-refractivity contribution in [3.05, 3.63) is 15.6 Å². The highest BCUT2D eigenvalue weighted by Gasteiger charge is 2.13. The van der Waals surface area contributed by atoms with Crippen LogP contribution >= 0.6 is 11.3 Å². The molecule has 1 aromatic heterocycles. The number of aliphatic hydroxyl groups excluding tert-OH is 1. The first-order chi connectivity index (χ1) is 7.04. The number of aromatic nitrogens is 1. The first-order valence-corrected chi connectivity index (χ1v) is 6.23. The van der Waals surface area contributed by atoms with Gasteiger partial charge < -0.3 is 10.4 Å². The fourth-order valence-electron chi connectivity index (χ4n) is 1.46. The minimum atomic E-state index is -0.300. The van der Waals surface area contributed by atoms with Gasteiger partial charge in [-0.1, -0.05) is 6.92 Å². The molecule has 0 amide bonds. The van der Waals surface area contributed by atoms with Gasteiger partial charge in [-0.25, -0.2) is 4.98 Å². The van der Waals surface area contributed by atoms with Crippen molar-refractivity contribution in [3.63, 3.8) is 0 Å². The summed E-state index contributed by atoms with van der Waals surface area (Å²) in [5.41, 5.74) is 1.11. The van der Waals surface area contributed by atoms with Crippen molar-refractivity contribution in [2.45, 2.75) is 46.3 Å². The fraction of sp³-hybridized carbons (Fsp3) is 0.727. The summed E-state index contributed by atoms with van der Waals surface area (Å²) in [7, 11) is 0. The Kier molecular flexibility index (Phi) is 4.70. The fourth-order valence-corrected chi connectivity index (χ4v) is 2.49. The summed E-state index contributed by atoms with van der Waals surface area (Å²) in [4.78, 5) is 5.78. The summed E-state index contributed by atoms with van der Waals surface area (Å²) in [6.45, 7) is 8.69. The van der Waals surface area contributed by atoms with Gasteiger partial charge in [-0.15, -0.1) is 11.3 Å². The maximum atomic E-state index is 9.19. The highest BCUT2D eigenvalue weighted by atomic mass is 32.1. The summed E-state index contributed by atoms with van der Waals surface area (Å²) in [5, 5.41) is 13.7. The standard InChI is InChI=1S/C11H20N2OS/c1-5-10-13-9(4)11(15-10)8(3)12-6-7(2)14/h7-8,12,14H,5-6H2,1-4H3/t7-,8?/m1/s1. The molecule has 2 N–H and O–H groups in total. The van der Waals surface area contributed by atoms with Crippen LogP contribution in [-0.2, 0) is 6.42 Å². The predicted molar refractivity (Wildman–Crippen MR) is 64.3 cm³/mol. The highest BCUT2D eigenvalue weighted by Crippen LogP contribution is 2.25. The molecule has 0 bridgehead atoms. The second-order valence-corrected chi connectivity index (χ2v) is 5.00. The minimum Gasteiger partial charge on any atom is -0.392 e. The van der Waals surface area contributed by atoms with E-state index < -0.39 is 0 Å². The number of hydrogen-bond donors (Lipinski definition) is 2. The number of nitrogens with one attached hydrogen (secondary N) is 1. The molecule has 0 aliphatic heterocycles. The molecule has 0 aliphatic rings. The first-order valence-electron chi connectivity index (χ1n) is 5.42. The predicted octanol–water partition coefficient (Wildman–Crippen LogP) is 2.05. The Morgan fingerprint density at radius 1 is 1.47 bits per heavy atom. The van der Waals surface area contributed by atoms with E-state index in [9.17, 15) is 5.11 Å². The highest BCUT2D eigenvalue weighted by molar-refractivity contribution is 7.11. The van der Waals surface area contributed by atoms with E-state index in [1.54, 1.807) is 18.3 Å². The van der Waals surface area contributed by atoms with Crippen LogP contribution in [0.3, 0.4) is 0 Å². The maximum Gasteiger partial charge on any atom is 0.0928 e. The molecule has 0 radical (unpaired) electrons. The second-order valence-electron chi connectivity index (χ2n) is 3.89. The van der Waals surface area contributed by atoms with Crippen molar-refractivity contribution in [1.82, 2.24) is 10.3 Å². The van der Waals surface area contributed by atoms with Crippen molar-refractivity contribution < 1.29 is 5.11 Å². The zero-order valence-electron chi connectivity index (χ0n) is 9.87. The number of aliphatic hydroxyl groups is 1. The summed E-state index contributed by atoms with van der Waals surface area (Å²) in [5.74, 6) is 0. The molecule has 0 saturated carbocycles. The molecular weight excluding hydrogens is 208 g/mol. The van der Waals surface area contributed by atoms with E-state index in [4.69, 9.17) is 0 Å². The number of hydrogen-bond acceptors (Lipinski definition) is 4. The van der Waals surface area contributed by atoms with Gasteiger partial charge in [0.2, 0.25) is 0 Å².